The van der Waals surface area contributed by atoms with E-state index in [1.54, 1.807) is 0 Å². The van der Waals surface area contributed by atoms with Crippen LogP contribution in [0.25, 0.3) is 0 Å². The highest BCUT2D eigenvalue weighted by atomic mass is 19.4. The summed E-state index contributed by atoms with van der Waals surface area (Å²) < 4.78 is 42.6. The molecule has 1 aliphatic rings. The lowest BCUT2D eigenvalue weighted by atomic mass is 10.3. The monoisotopic (exact) mass is 290 g/mol. The molecule has 5 nitrogen and oxygen atoms in total. The van der Waals surface area contributed by atoms with E-state index in [-0.39, 0.29) is 5.95 Å². The van der Waals surface area contributed by atoms with Crippen molar-refractivity contribution in [3.8, 4) is 0 Å². The summed E-state index contributed by atoms with van der Waals surface area (Å²) in [4.78, 5) is 9.49. The third-order valence-electron chi connectivity index (χ3n) is 2.98. The number of hydrogen-bond donors (Lipinski definition) is 1. The fraction of sp³-hybridized carbons (Fsp3) is 0.667. The van der Waals surface area contributed by atoms with Crippen LogP contribution in [-0.2, 0) is 10.9 Å². The van der Waals surface area contributed by atoms with Gasteiger partial charge in [-0.25, -0.2) is 9.97 Å². The van der Waals surface area contributed by atoms with Crippen LogP contribution in [0, 0.1) is 0 Å². The third-order valence-corrected chi connectivity index (χ3v) is 2.98. The van der Waals surface area contributed by atoms with Crippen molar-refractivity contribution in [2.24, 2.45) is 0 Å². The molecule has 1 saturated heterocycles. The fourth-order valence-corrected chi connectivity index (χ4v) is 1.93. The average Bonchev–Trinajstić information content (AvgIpc) is 2.44. The minimum Gasteiger partial charge on any atom is -0.379 e. The largest absolute Gasteiger partial charge is 0.433 e. The molecule has 0 spiro atoms. The Balaban J connectivity index is 1.73. The molecule has 1 fully saturated rings. The molecule has 0 aromatic carbocycles. The van der Waals surface area contributed by atoms with Crippen molar-refractivity contribution in [3.63, 3.8) is 0 Å². The van der Waals surface area contributed by atoms with Crippen molar-refractivity contribution in [2.75, 3.05) is 44.7 Å². The van der Waals surface area contributed by atoms with Crippen LogP contribution in [0.4, 0.5) is 19.1 Å². The van der Waals surface area contributed by atoms with Gasteiger partial charge < -0.3 is 10.1 Å². The Labute approximate surface area is 115 Å². The van der Waals surface area contributed by atoms with Gasteiger partial charge in [-0.05, 0) is 19.0 Å². The Hall–Kier alpha value is -1.41. The predicted molar refractivity (Wildman–Crippen MR) is 67.4 cm³/mol. The number of ether oxygens (including phenoxy) is 1. The molecule has 2 heterocycles. The second-order valence-corrected chi connectivity index (χ2v) is 4.50. The van der Waals surface area contributed by atoms with Crippen molar-refractivity contribution in [2.45, 2.75) is 12.6 Å². The van der Waals surface area contributed by atoms with Gasteiger partial charge in [-0.2, -0.15) is 13.2 Å². The predicted octanol–water partition coefficient (Wildman–Crippen LogP) is 1.63. The van der Waals surface area contributed by atoms with Crippen molar-refractivity contribution in [1.82, 2.24) is 14.9 Å². The van der Waals surface area contributed by atoms with E-state index in [9.17, 15) is 13.2 Å². The van der Waals surface area contributed by atoms with Gasteiger partial charge in [-0.1, -0.05) is 0 Å². The van der Waals surface area contributed by atoms with E-state index in [1.165, 1.54) is 0 Å². The SMILES string of the molecule is FC(F)(F)c1ccnc(NCCCN2CCOCC2)n1. The first-order valence-electron chi connectivity index (χ1n) is 6.50. The van der Waals surface area contributed by atoms with Crippen LogP contribution in [-0.4, -0.2) is 54.3 Å². The summed E-state index contributed by atoms with van der Waals surface area (Å²) in [5.41, 5.74) is -0.928. The quantitative estimate of drug-likeness (QED) is 0.835. The number of nitrogens with one attached hydrogen (secondary N) is 1. The van der Waals surface area contributed by atoms with Gasteiger partial charge in [0, 0.05) is 25.8 Å². The van der Waals surface area contributed by atoms with Gasteiger partial charge >= 0.3 is 6.18 Å². The molecule has 0 aliphatic carbocycles. The highest BCUT2D eigenvalue weighted by molar-refractivity contribution is 5.25. The van der Waals surface area contributed by atoms with Gasteiger partial charge in [0.2, 0.25) is 5.95 Å². The van der Waals surface area contributed by atoms with Gasteiger partial charge in [0.25, 0.3) is 0 Å². The molecule has 0 atom stereocenters. The van der Waals surface area contributed by atoms with E-state index >= 15 is 0 Å². The maximum atomic E-state index is 12.5. The fourth-order valence-electron chi connectivity index (χ4n) is 1.93. The Morgan fingerprint density at radius 2 is 2.05 bits per heavy atom. The van der Waals surface area contributed by atoms with Crippen LogP contribution in [0.1, 0.15) is 12.1 Å². The lowest BCUT2D eigenvalue weighted by molar-refractivity contribution is -0.141. The van der Waals surface area contributed by atoms with Crippen LogP contribution in [0.2, 0.25) is 0 Å². The zero-order chi connectivity index (χ0) is 14.4. The summed E-state index contributed by atoms with van der Waals surface area (Å²) in [6.45, 7) is 4.71. The summed E-state index contributed by atoms with van der Waals surface area (Å²) in [7, 11) is 0. The maximum absolute atomic E-state index is 12.5. The van der Waals surface area contributed by atoms with Crippen LogP contribution in [0.5, 0.6) is 0 Å². The molecule has 20 heavy (non-hydrogen) atoms. The van der Waals surface area contributed by atoms with Crippen molar-refractivity contribution < 1.29 is 17.9 Å². The molecule has 8 heteroatoms. The number of rotatable bonds is 5. The number of hydrogen-bond acceptors (Lipinski definition) is 5. The lowest BCUT2D eigenvalue weighted by Gasteiger charge is -2.26. The Kier molecular flexibility index (Phi) is 5.13. The van der Waals surface area contributed by atoms with Crippen molar-refractivity contribution in [3.05, 3.63) is 18.0 Å². The molecule has 2 rings (SSSR count). The lowest BCUT2D eigenvalue weighted by Crippen LogP contribution is -2.37. The van der Waals surface area contributed by atoms with Crippen molar-refractivity contribution >= 4 is 5.95 Å². The molecule has 112 valence electrons. The molecule has 0 unspecified atom stereocenters. The van der Waals surface area contributed by atoms with Gasteiger partial charge in [0.1, 0.15) is 5.69 Å². The van der Waals surface area contributed by atoms with Crippen molar-refractivity contribution in [1.29, 1.82) is 0 Å². The third kappa shape index (κ3) is 4.61. The molecule has 0 bridgehead atoms. The summed E-state index contributed by atoms with van der Waals surface area (Å²) in [5, 5.41) is 2.82. The Morgan fingerprint density at radius 3 is 2.75 bits per heavy atom. The molecule has 1 N–H and O–H groups in total. The average molecular weight is 290 g/mol. The second kappa shape index (κ2) is 6.85. The first-order valence-corrected chi connectivity index (χ1v) is 6.50. The molecule has 0 radical (unpaired) electrons. The van der Waals surface area contributed by atoms with Gasteiger partial charge in [-0.15, -0.1) is 0 Å². The number of halogens is 3. The first-order chi connectivity index (χ1) is 9.55. The molecular formula is C12H17F3N4O. The number of anilines is 1. The summed E-state index contributed by atoms with van der Waals surface area (Å²) in [6.07, 6.45) is -2.51. The minimum absolute atomic E-state index is 0.0156. The minimum atomic E-state index is -4.44. The van der Waals surface area contributed by atoms with Gasteiger partial charge in [0.15, 0.2) is 0 Å². The van der Waals surface area contributed by atoms with Crippen LogP contribution < -0.4 is 5.32 Å². The molecule has 1 aliphatic heterocycles. The van der Waals surface area contributed by atoms with Crippen LogP contribution in [0.15, 0.2) is 12.3 Å². The highest BCUT2D eigenvalue weighted by Gasteiger charge is 2.32. The van der Waals surface area contributed by atoms with E-state index in [4.69, 9.17) is 4.74 Å². The van der Waals surface area contributed by atoms with E-state index < -0.39 is 11.9 Å². The number of morpholine rings is 1. The zero-order valence-electron chi connectivity index (χ0n) is 11.0. The smallest absolute Gasteiger partial charge is 0.379 e. The second-order valence-electron chi connectivity index (χ2n) is 4.50. The molecular weight excluding hydrogens is 273 g/mol. The zero-order valence-corrected chi connectivity index (χ0v) is 11.0. The summed E-state index contributed by atoms with van der Waals surface area (Å²) in [5.74, 6) is 0.0156. The molecule has 0 saturated carbocycles. The van der Waals surface area contributed by atoms with E-state index in [2.05, 4.69) is 20.2 Å². The van der Waals surface area contributed by atoms with Gasteiger partial charge in [-0.3, -0.25) is 4.90 Å². The Morgan fingerprint density at radius 1 is 1.30 bits per heavy atom. The van der Waals surface area contributed by atoms with Gasteiger partial charge in [0.05, 0.1) is 13.2 Å². The maximum Gasteiger partial charge on any atom is 0.433 e. The van der Waals surface area contributed by atoms with Crippen LogP contribution in [0.3, 0.4) is 0 Å². The topological polar surface area (TPSA) is 50.3 Å². The molecule has 0 amide bonds. The number of aromatic nitrogens is 2. The molecule has 1 aromatic rings. The number of nitrogens with zero attached hydrogens (tertiary/aromatic N) is 3. The first kappa shape index (κ1) is 15.0. The standard InChI is InChI=1S/C12H17F3N4O/c13-12(14,15)10-2-4-17-11(18-10)16-3-1-5-19-6-8-20-9-7-19/h2,4H,1,3,5-9H2,(H,16,17,18). The highest BCUT2D eigenvalue weighted by Crippen LogP contribution is 2.27. The van der Waals surface area contributed by atoms with E-state index in [0.717, 1.165) is 51.5 Å². The normalized spacial score (nSPS) is 17.1. The summed E-state index contributed by atoms with van der Waals surface area (Å²) in [6, 6.07) is 0.860. The Bertz CT molecular complexity index is 421. The van der Waals surface area contributed by atoms with E-state index in [1.807, 2.05) is 0 Å². The molecule has 1 aromatic heterocycles. The van der Waals surface area contributed by atoms with E-state index in [0.29, 0.717) is 6.54 Å². The van der Waals surface area contributed by atoms with Crippen LogP contribution >= 0.6 is 0 Å². The summed E-state index contributed by atoms with van der Waals surface area (Å²) >= 11 is 0. The number of alkyl halides is 3.